The molecule has 9 heteroatoms. The van der Waals surface area contributed by atoms with E-state index in [1.807, 2.05) is 38.1 Å². The Kier molecular flexibility index (Phi) is 9.16. The van der Waals surface area contributed by atoms with Crippen LogP contribution in [-0.4, -0.2) is 26.7 Å². The van der Waals surface area contributed by atoms with E-state index in [9.17, 15) is 22.4 Å². The fourth-order valence-corrected chi connectivity index (χ4v) is 3.46. The lowest BCUT2D eigenvalue weighted by Gasteiger charge is -2.12. The first-order chi connectivity index (χ1) is 17.2. The maximum atomic E-state index is 14.8. The van der Waals surface area contributed by atoms with E-state index in [1.165, 1.54) is 24.3 Å². The molecule has 0 saturated heterocycles. The minimum atomic E-state index is -1.80. The molecule has 0 aromatic heterocycles. The van der Waals surface area contributed by atoms with E-state index in [0.717, 1.165) is 24.9 Å². The van der Waals surface area contributed by atoms with Crippen LogP contribution < -0.4 is 4.90 Å². The summed E-state index contributed by atoms with van der Waals surface area (Å²) in [6.07, 6.45) is 3.09. The average Bonchev–Trinajstić information content (AvgIpc) is 2.87. The van der Waals surface area contributed by atoms with Crippen molar-refractivity contribution in [3.05, 3.63) is 77.4 Å². The number of unbranched alkanes of at least 4 members (excludes halogenated alkanes) is 3. The van der Waals surface area contributed by atoms with Gasteiger partial charge in [-0.3, -0.25) is 0 Å². The second-order valence-corrected chi connectivity index (χ2v) is 8.36. The predicted octanol–water partition coefficient (Wildman–Crippen LogP) is 8.13. The molecule has 5 nitrogen and oxygen atoms in total. The van der Waals surface area contributed by atoms with E-state index in [4.69, 9.17) is 4.74 Å². The fourth-order valence-electron chi connectivity index (χ4n) is 3.46. The van der Waals surface area contributed by atoms with Crippen molar-refractivity contribution in [3.8, 4) is 11.1 Å². The Hall–Kier alpha value is -3.75. The van der Waals surface area contributed by atoms with Crippen molar-refractivity contribution >= 4 is 23.0 Å². The van der Waals surface area contributed by atoms with Gasteiger partial charge in [0.2, 0.25) is 0 Å². The molecule has 0 fully saturated rings. The summed E-state index contributed by atoms with van der Waals surface area (Å²) in [5.41, 5.74) is -0.480. The first-order valence-corrected chi connectivity index (χ1v) is 11.6. The summed E-state index contributed by atoms with van der Waals surface area (Å²) in [5, 5.41) is 8.17. The van der Waals surface area contributed by atoms with Gasteiger partial charge in [-0.2, -0.15) is 10.2 Å². The summed E-state index contributed by atoms with van der Waals surface area (Å²) in [6.45, 7) is 1.89. The Morgan fingerprint density at radius 1 is 0.778 bits per heavy atom. The van der Waals surface area contributed by atoms with Crippen molar-refractivity contribution in [3.63, 3.8) is 0 Å². The van der Waals surface area contributed by atoms with Crippen molar-refractivity contribution in [1.29, 1.82) is 0 Å². The van der Waals surface area contributed by atoms with Crippen LogP contribution in [0.3, 0.4) is 0 Å². The average molecular weight is 502 g/mol. The van der Waals surface area contributed by atoms with Crippen LogP contribution in [0.5, 0.6) is 0 Å². The maximum Gasteiger partial charge on any atom is 0.344 e. The molecule has 0 radical (unpaired) electrons. The number of anilines is 1. The van der Waals surface area contributed by atoms with Gasteiger partial charge >= 0.3 is 5.97 Å². The topological polar surface area (TPSA) is 54.3 Å². The van der Waals surface area contributed by atoms with Crippen LogP contribution in [0.2, 0.25) is 0 Å². The number of benzene rings is 3. The Morgan fingerprint density at radius 3 is 1.81 bits per heavy atom. The molecule has 0 aliphatic heterocycles. The molecule has 190 valence electrons. The summed E-state index contributed by atoms with van der Waals surface area (Å²) in [4.78, 5) is 14.0. The summed E-state index contributed by atoms with van der Waals surface area (Å²) in [7, 11) is 3.83. The monoisotopic (exact) mass is 501 g/mol. The van der Waals surface area contributed by atoms with Crippen molar-refractivity contribution in [2.24, 2.45) is 10.2 Å². The van der Waals surface area contributed by atoms with E-state index in [1.54, 1.807) is 12.1 Å². The zero-order valence-electron chi connectivity index (χ0n) is 20.3. The molecule has 3 aromatic carbocycles. The second-order valence-electron chi connectivity index (χ2n) is 8.36. The third kappa shape index (κ3) is 6.27. The zero-order valence-corrected chi connectivity index (χ0v) is 20.3. The highest BCUT2D eigenvalue weighted by Crippen LogP contribution is 2.33. The zero-order chi connectivity index (χ0) is 26.2. The Morgan fingerprint density at radius 2 is 1.31 bits per heavy atom. The molecule has 0 N–H and O–H groups in total. The Bertz CT molecular complexity index is 1200. The molecule has 0 amide bonds. The third-order valence-electron chi connectivity index (χ3n) is 5.50. The first-order valence-electron chi connectivity index (χ1n) is 11.6. The SMILES string of the molecule is CCCCCCOC(=O)c1c(F)c(F)c(-c2ccc(/N=N/c3ccc(N(C)C)cc3)cc2)c(F)c1F. The van der Waals surface area contributed by atoms with Gasteiger partial charge in [-0.1, -0.05) is 38.3 Å². The van der Waals surface area contributed by atoms with E-state index < -0.39 is 40.4 Å². The van der Waals surface area contributed by atoms with E-state index >= 15 is 0 Å². The number of ether oxygens (including phenoxy) is 1. The molecule has 0 saturated carbocycles. The standard InChI is InChI=1S/C27H27F4N3O2/c1-4-5-6-7-16-36-27(35)22-25(30)23(28)21(24(29)26(22)31)17-8-10-18(11-9-17)32-33-19-12-14-20(15-13-19)34(2)3/h8-15H,4-7,16H2,1-3H3/b33-32+. The second kappa shape index (κ2) is 12.3. The van der Waals surface area contributed by atoms with Gasteiger partial charge in [0.1, 0.15) is 5.56 Å². The molecule has 0 aliphatic rings. The number of azo groups is 1. The van der Waals surface area contributed by atoms with E-state index in [-0.39, 0.29) is 12.2 Å². The molecule has 0 spiro atoms. The molecule has 0 unspecified atom stereocenters. The molecular formula is C27H27F4N3O2. The Balaban J connectivity index is 1.79. The quantitative estimate of drug-likeness (QED) is 0.0927. The number of esters is 1. The van der Waals surface area contributed by atoms with Crippen LogP contribution in [0.25, 0.3) is 11.1 Å². The highest BCUT2D eigenvalue weighted by atomic mass is 19.2. The fraction of sp³-hybridized carbons (Fsp3) is 0.296. The largest absolute Gasteiger partial charge is 0.462 e. The van der Waals surface area contributed by atoms with Gasteiger partial charge < -0.3 is 9.64 Å². The van der Waals surface area contributed by atoms with E-state index in [2.05, 4.69) is 10.2 Å². The van der Waals surface area contributed by atoms with Crippen molar-refractivity contribution < 1.29 is 27.1 Å². The van der Waals surface area contributed by atoms with Crippen LogP contribution in [0.1, 0.15) is 43.0 Å². The van der Waals surface area contributed by atoms with Crippen LogP contribution >= 0.6 is 0 Å². The number of rotatable bonds is 10. The lowest BCUT2D eigenvalue weighted by Crippen LogP contribution is -2.15. The summed E-state index contributed by atoms with van der Waals surface area (Å²) >= 11 is 0. The molecule has 0 atom stereocenters. The highest BCUT2D eigenvalue weighted by Gasteiger charge is 2.30. The summed E-state index contributed by atoms with van der Waals surface area (Å²) < 4.78 is 63.6. The summed E-state index contributed by atoms with van der Waals surface area (Å²) in [6, 6.07) is 12.6. The first kappa shape index (κ1) is 26.8. The lowest BCUT2D eigenvalue weighted by atomic mass is 10.0. The number of carbonyl (C=O) groups is 1. The van der Waals surface area contributed by atoms with Gasteiger partial charge in [-0.15, -0.1) is 0 Å². The third-order valence-corrected chi connectivity index (χ3v) is 5.50. The minimum absolute atomic E-state index is 0.0987. The molecule has 0 aliphatic carbocycles. The predicted molar refractivity (Wildman–Crippen MR) is 131 cm³/mol. The summed E-state index contributed by atoms with van der Waals surface area (Å²) in [5.74, 6) is -8.40. The van der Waals surface area contributed by atoms with E-state index in [0.29, 0.717) is 17.8 Å². The minimum Gasteiger partial charge on any atom is -0.462 e. The van der Waals surface area contributed by atoms with Gasteiger partial charge in [0.15, 0.2) is 23.3 Å². The number of hydrogen-bond acceptors (Lipinski definition) is 5. The van der Waals surface area contributed by atoms with Gasteiger partial charge in [0.05, 0.1) is 23.5 Å². The Labute approximate surface area is 207 Å². The molecule has 36 heavy (non-hydrogen) atoms. The molecule has 0 bridgehead atoms. The number of halogens is 4. The molecular weight excluding hydrogens is 474 g/mol. The lowest BCUT2D eigenvalue weighted by molar-refractivity contribution is 0.0484. The van der Waals surface area contributed by atoms with Crippen molar-refractivity contribution in [2.75, 3.05) is 25.6 Å². The number of carbonyl (C=O) groups excluding carboxylic acids is 1. The van der Waals surface area contributed by atoms with Crippen molar-refractivity contribution in [2.45, 2.75) is 32.6 Å². The van der Waals surface area contributed by atoms with Gasteiger partial charge in [-0.05, 0) is 48.4 Å². The van der Waals surface area contributed by atoms with Gasteiger partial charge in [-0.25, -0.2) is 22.4 Å². The van der Waals surface area contributed by atoms with Crippen LogP contribution in [0, 0.1) is 23.3 Å². The van der Waals surface area contributed by atoms with Crippen LogP contribution in [0.15, 0.2) is 58.8 Å². The molecule has 3 rings (SSSR count). The van der Waals surface area contributed by atoms with Crippen molar-refractivity contribution in [1.82, 2.24) is 0 Å². The number of nitrogens with zero attached hydrogens (tertiary/aromatic N) is 3. The molecule has 0 heterocycles. The number of hydrogen-bond donors (Lipinski definition) is 0. The van der Waals surface area contributed by atoms with Crippen LogP contribution in [-0.2, 0) is 4.74 Å². The van der Waals surface area contributed by atoms with Crippen LogP contribution in [0.4, 0.5) is 34.6 Å². The van der Waals surface area contributed by atoms with Gasteiger partial charge in [0, 0.05) is 19.8 Å². The highest BCUT2D eigenvalue weighted by molar-refractivity contribution is 5.91. The maximum absolute atomic E-state index is 14.8. The molecule has 3 aromatic rings. The smallest absolute Gasteiger partial charge is 0.344 e. The normalized spacial score (nSPS) is 11.2. The van der Waals surface area contributed by atoms with Gasteiger partial charge in [0.25, 0.3) is 0 Å².